The zero-order valence-corrected chi connectivity index (χ0v) is 13.9. The van der Waals surface area contributed by atoms with Gasteiger partial charge in [0.25, 0.3) is 0 Å². The van der Waals surface area contributed by atoms with Crippen molar-refractivity contribution < 1.29 is 9.53 Å². The summed E-state index contributed by atoms with van der Waals surface area (Å²) in [6.07, 6.45) is 2.91. The standard InChI is InChI=1S/C22H19NO2/c24-22(17-12-16-4-1-2-7-20(16)25-13-17)23-19-11-10-15-9-8-14-5-3-6-18(19)21(14)15/h1-7,10-11,17H,8-9,12-13H2,(H,23,24). The largest absolute Gasteiger partial charge is 0.492 e. The molecule has 1 N–H and O–H groups in total. The molecular weight excluding hydrogens is 310 g/mol. The quantitative estimate of drug-likeness (QED) is 0.768. The van der Waals surface area contributed by atoms with Crippen molar-refractivity contribution in [3.8, 4) is 5.75 Å². The molecule has 0 spiro atoms. The lowest BCUT2D eigenvalue weighted by atomic mass is 9.95. The van der Waals surface area contributed by atoms with Gasteiger partial charge in [-0.3, -0.25) is 4.79 Å². The van der Waals surface area contributed by atoms with Gasteiger partial charge in [0.05, 0.1) is 5.92 Å². The number of para-hydroxylation sites is 1. The van der Waals surface area contributed by atoms with Gasteiger partial charge in [0.1, 0.15) is 12.4 Å². The predicted octanol–water partition coefficient (Wildman–Crippen LogP) is 4.13. The number of amides is 1. The lowest BCUT2D eigenvalue weighted by molar-refractivity contribution is -0.121. The van der Waals surface area contributed by atoms with Gasteiger partial charge in [0, 0.05) is 11.1 Å². The van der Waals surface area contributed by atoms with Crippen molar-refractivity contribution in [3.05, 3.63) is 71.3 Å². The molecule has 0 bridgehead atoms. The summed E-state index contributed by atoms with van der Waals surface area (Å²) in [5.74, 6) is 0.781. The van der Waals surface area contributed by atoms with Crippen LogP contribution >= 0.6 is 0 Å². The highest BCUT2D eigenvalue weighted by Gasteiger charge is 2.26. The number of nitrogens with one attached hydrogen (secondary N) is 1. The summed E-state index contributed by atoms with van der Waals surface area (Å²) in [7, 11) is 0. The molecule has 1 atom stereocenters. The van der Waals surface area contributed by atoms with Crippen LogP contribution in [0.25, 0.3) is 10.8 Å². The van der Waals surface area contributed by atoms with Crippen molar-refractivity contribution in [1.82, 2.24) is 0 Å². The van der Waals surface area contributed by atoms with E-state index in [-0.39, 0.29) is 11.8 Å². The Labute approximate surface area is 146 Å². The van der Waals surface area contributed by atoms with Crippen LogP contribution in [0.1, 0.15) is 16.7 Å². The maximum Gasteiger partial charge on any atom is 0.231 e. The van der Waals surface area contributed by atoms with Crippen LogP contribution in [0, 0.1) is 5.92 Å². The summed E-state index contributed by atoms with van der Waals surface area (Å²) >= 11 is 0. The molecule has 124 valence electrons. The Balaban J connectivity index is 1.43. The minimum Gasteiger partial charge on any atom is -0.492 e. The molecule has 0 saturated carbocycles. The topological polar surface area (TPSA) is 38.3 Å². The van der Waals surface area contributed by atoms with Gasteiger partial charge in [-0.2, -0.15) is 0 Å². The van der Waals surface area contributed by atoms with Crippen molar-refractivity contribution in [3.63, 3.8) is 0 Å². The monoisotopic (exact) mass is 329 g/mol. The lowest BCUT2D eigenvalue weighted by Crippen LogP contribution is -2.32. The van der Waals surface area contributed by atoms with E-state index in [0.717, 1.165) is 41.6 Å². The maximum absolute atomic E-state index is 12.8. The van der Waals surface area contributed by atoms with Crippen LogP contribution in [0.15, 0.2) is 54.6 Å². The zero-order chi connectivity index (χ0) is 16.8. The molecule has 1 heterocycles. The Kier molecular flexibility index (Phi) is 3.27. The molecule has 5 rings (SSSR count). The van der Waals surface area contributed by atoms with Crippen molar-refractivity contribution in [2.45, 2.75) is 19.3 Å². The number of anilines is 1. The summed E-state index contributed by atoms with van der Waals surface area (Å²) in [4.78, 5) is 12.8. The molecule has 0 radical (unpaired) electrons. The van der Waals surface area contributed by atoms with Crippen molar-refractivity contribution in [1.29, 1.82) is 0 Å². The van der Waals surface area contributed by atoms with E-state index in [1.165, 1.54) is 16.5 Å². The van der Waals surface area contributed by atoms with Crippen molar-refractivity contribution in [2.75, 3.05) is 11.9 Å². The lowest BCUT2D eigenvalue weighted by Gasteiger charge is -2.24. The summed E-state index contributed by atoms with van der Waals surface area (Å²) in [6.45, 7) is 0.435. The maximum atomic E-state index is 12.8. The van der Waals surface area contributed by atoms with E-state index in [2.05, 4.69) is 29.6 Å². The first-order valence-electron chi connectivity index (χ1n) is 8.84. The van der Waals surface area contributed by atoms with Gasteiger partial charge in [-0.05, 0) is 53.5 Å². The second-order valence-corrected chi connectivity index (χ2v) is 6.92. The molecule has 0 saturated heterocycles. The molecule has 1 amide bonds. The molecule has 3 aromatic rings. The Morgan fingerprint density at radius 3 is 2.64 bits per heavy atom. The third-order valence-electron chi connectivity index (χ3n) is 5.38. The average Bonchev–Trinajstić information content (AvgIpc) is 3.08. The number of carbonyl (C=O) groups excluding carboxylic acids is 1. The number of hydrogen-bond acceptors (Lipinski definition) is 2. The highest BCUT2D eigenvalue weighted by atomic mass is 16.5. The van der Waals surface area contributed by atoms with Crippen LogP contribution < -0.4 is 10.1 Å². The first-order chi connectivity index (χ1) is 12.3. The van der Waals surface area contributed by atoms with Crippen molar-refractivity contribution in [2.24, 2.45) is 5.92 Å². The number of aryl methyl sites for hydroxylation is 2. The molecule has 0 fully saturated rings. The Morgan fingerprint density at radius 2 is 1.72 bits per heavy atom. The normalized spacial score (nSPS) is 17.8. The first kappa shape index (κ1) is 14.5. The smallest absolute Gasteiger partial charge is 0.231 e. The van der Waals surface area contributed by atoms with E-state index in [4.69, 9.17) is 4.74 Å². The van der Waals surface area contributed by atoms with Gasteiger partial charge in [-0.15, -0.1) is 0 Å². The van der Waals surface area contributed by atoms with E-state index in [1.54, 1.807) is 0 Å². The van der Waals surface area contributed by atoms with E-state index in [1.807, 2.05) is 30.3 Å². The van der Waals surface area contributed by atoms with Gasteiger partial charge in [-0.1, -0.05) is 42.5 Å². The highest BCUT2D eigenvalue weighted by molar-refractivity contribution is 6.05. The Morgan fingerprint density at radius 1 is 0.920 bits per heavy atom. The zero-order valence-electron chi connectivity index (χ0n) is 13.9. The van der Waals surface area contributed by atoms with E-state index in [0.29, 0.717) is 6.61 Å². The van der Waals surface area contributed by atoms with Crippen molar-refractivity contribution >= 4 is 22.4 Å². The molecule has 1 aliphatic heterocycles. The number of ether oxygens (including phenoxy) is 1. The summed E-state index contributed by atoms with van der Waals surface area (Å²) in [6, 6.07) is 18.5. The second kappa shape index (κ2) is 5.62. The summed E-state index contributed by atoms with van der Waals surface area (Å²) in [5.41, 5.74) is 4.79. The molecule has 0 aromatic heterocycles. The number of fused-ring (bicyclic) bond motifs is 1. The fourth-order valence-electron chi connectivity index (χ4n) is 4.09. The van der Waals surface area contributed by atoms with Crippen LogP contribution in [-0.4, -0.2) is 12.5 Å². The fraction of sp³-hybridized carbons (Fsp3) is 0.227. The molecule has 25 heavy (non-hydrogen) atoms. The average molecular weight is 329 g/mol. The van der Waals surface area contributed by atoms with Gasteiger partial charge < -0.3 is 10.1 Å². The minimum absolute atomic E-state index is 0.0354. The third-order valence-corrected chi connectivity index (χ3v) is 5.38. The molecule has 3 nitrogen and oxygen atoms in total. The highest BCUT2D eigenvalue weighted by Crippen LogP contribution is 2.35. The third kappa shape index (κ3) is 2.39. The molecule has 1 unspecified atom stereocenters. The van der Waals surface area contributed by atoms with E-state index >= 15 is 0 Å². The second-order valence-electron chi connectivity index (χ2n) is 6.92. The van der Waals surface area contributed by atoms with E-state index in [9.17, 15) is 4.79 Å². The van der Waals surface area contributed by atoms with Crippen LogP contribution in [0.5, 0.6) is 5.75 Å². The number of benzene rings is 3. The Bertz CT molecular complexity index is 982. The number of rotatable bonds is 2. The van der Waals surface area contributed by atoms with Crippen LogP contribution in [0.2, 0.25) is 0 Å². The van der Waals surface area contributed by atoms with Gasteiger partial charge in [0.15, 0.2) is 0 Å². The Hall–Kier alpha value is -2.81. The molecule has 2 aliphatic rings. The first-order valence-corrected chi connectivity index (χ1v) is 8.84. The number of hydrogen-bond donors (Lipinski definition) is 1. The summed E-state index contributed by atoms with van der Waals surface area (Å²) < 4.78 is 5.77. The van der Waals surface area contributed by atoms with Crippen LogP contribution in [0.4, 0.5) is 5.69 Å². The summed E-state index contributed by atoms with van der Waals surface area (Å²) in [5, 5.41) is 5.62. The van der Waals surface area contributed by atoms with Gasteiger partial charge in [-0.25, -0.2) is 0 Å². The van der Waals surface area contributed by atoms with Gasteiger partial charge >= 0.3 is 0 Å². The molecule has 3 aromatic carbocycles. The predicted molar refractivity (Wildman–Crippen MR) is 99.1 cm³/mol. The molecule has 1 aliphatic carbocycles. The van der Waals surface area contributed by atoms with E-state index < -0.39 is 0 Å². The number of carbonyl (C=O) groups is 1. The van der Waals surface area contributed by atoms with Gasteiger partial charge in [0.2, 0.25) is 5.91 Å². The molecular formula is C22H19NO2. The molecule has 3 heteroatoms. The fourth-order valence-corrected chi connectivity index (χ4v) is 4.09. The van der Waals surface area contributed by atoms with Crippen LogP contribution in [0.3, 0.4) is 0 Å². The SMILES string of the molecule is O=C(Nc1ccc2c3c(cccc13)CC2)C1COc2ccccc2C1. The minimum atomic E-state index is -0.155. The van der Waals surface area contributed by atoms with Crippen LogP contribution in [-0.2, 0) is 24.1 Å².